The third-order valence-electron chi connectivity index (χ3n) is 3.73. The van der Waals surface area contributed by atoms with Gasteiger partial charge in [0, 0.05) is 28.9 Å². The fourth-order valence-electron chi connectivity index (χ4n) is 2.74. The monoisotopic (exact) mass is 302 g/mol. The van der Waals surface area contributed by atoms with Crippen LogP contribution in [0.2, 0.25) is 0 Å². The number of aryl methyl sites for hydroxylation is 1. The summed E-state index contributed by atoms with van der Waals surface area (Å²) in [5.74, 6) is 0.352. The molecule has 4 nitrogen and oxygen atoms in total. The molecule has 1 aliphatic heterocycles. The van der Waals surface area contributed by atoms with Crippen LogP contribution in [-0.4, -0.2) is 25.3 Å². The Bertz CT molecular complexity index is 549. The van der Waals surface area contributed by atoms with Gasteiger partial charge in [-0.15, -0.1) is 11.3 Å². The second-order valence-corrected chi connectivity index (χ2v) is 8.61. The number of rotatable bonds is 4. The number of thiophene rings is 1. The summed E-state index contributed by atoms with van der Waals surface area (Å²) in [6.45, 7) is 7.07. The van der Waals surface area contributed by atoms with Crippen molar-refractivity contribution in [2.75, 3.05) is 6.54 Å². The maximum Gasteiger partial charge on any atom is 0.244 e. The van der Waals surface area contributed by atoms with Crippen molar-refractivity contribution >= 4 is 21.4 Å². The number of hydrogen-bond acceptors (Lipinski definition) is 4. The highest BCUT2D eigenvalue weighted by molar-refractivity contribution is 7.89. The van der Waals surface area contributed by atoms with Crippen molar-refractivity contribution in [2.45, 2.75) is 51.1 Å². The molecule has 0 bridgehead atoms. The zero-order valence-corrected chi connectivity index (χ0v) is 13.4. The Hall–Kier alpha value is -0.430. The van der Waals surface area contributed by atoms with Crippen molar-refractivity contribution in [2.24, 2.45) is 11.7 Å². The fourth-order valence-corrected chi connectivity index (χ4v) is 6.05. The molecular weight excluding hydrogens is 280 g/mol. The molecular formula is C13H22N2O2S2. The summed E-state index contributed by atoms with van der Waals surface area (Å²) in [5.41, 5.74) is 5.61. The Labute approximate surface area is 119 Å². The summed E-state index contributed by atoms with van der Waals surface area (Å²) < 4.78 is 27.3. The molecule has 1 fully saturated rings. The minimum absolute atomic E-state index is 0.130. The van der Waals surface area contributed by atoms with Gasteiger partial charge >= 0.3 is 0 Å². The standard InChI is InChI=1S/C13H22N2O2S2/c1-9(2)12-5-4-6-15(12)19(16,17)13-7-11(8-14)18-10(13)3/h7,9,12H,4-6,8,14H2,1-3H3. The van der Waals surface area contributed by atoms with E-state index in [0.29, 0.717) is 23.9 Å². The molecule has 2 rings (SSSR count). The summed E-state index contributed by atoms with van der Waals surface area (Å²) in [6.07, 6.45) is 1.92. The molecule has 0 amide bonds. The van der Waals surface area contributed by atoms with Gasteiger partial charge in [-0.25, -0.2) is 8.42 Å². The minimum atomic E-state index is -3.36. The predicted octanol–water partition coefficient (Wildman–Crippen LogP) is 2.32. The molecule has 0 saturated carbocycles. The Morgan fingerprint density at radius 1 is 1.53 bits per heavy atom. The van der Waals surface area contributed by atoms with Crippen molar-refractivity contribution in [1.82, 2.24) is 4.31 Å². The summed E-state index contributed by atoms with van der Waals surface area (Å²) in [5, 5.41) is 0. The lowest BCUT2D eigenvalue weighted by Gasteiger charge is -2.26. The van der Waals surface area contributed by atoms with Crippen LogP contribution in [0.4, 0.5) is 0 Å². The van der Waals surface area contributed by atoms with E-state index < -0.39 is 10.0 Å². The van der Waals surface area contributed by atoms with Crippen molar-refractivity contribution < 1.29 is 8.42 Å². The van der Waals surface area contributed by atoms with E-state index in [1.54, 1.807) is 10.4 Å². The van der Waals surface area contributed by atoms with Gasteiger partial charge in [0.15, 0.2) is 0 Å². The van der Waals surface area contributed by atoms with Gasteiger partial charge in [-0.2, -0.15) is 4.31 Å². The average molecular weight is 302 g/mol. The Balaban J connectivity index is 2.39. The van der Waals surface area contributed by atoms with Crippen LogP contribution in [0, 0.1) is 12.8 Å². The molecule has 1 saturated heterocycles. The topological polar surface area (TPSA) is 63.4 Å². The van der Waals surface area contributed by atoms with Crippen LogP contribution in [0.1, 0.15) is 36.4 Å². The highest BCUT2D eigenvalue weighted by Gasteiger charge is 2.37. The van der Waals surface area contributed by atoms with Crippen molar-refractivity contribution in [1.29, 1.82) is 0 Å². The first-order chi connectivity index (χ1) is 8.87. The second kappa shape index (κ2) is 5.52. The van der Waals surface area contributed by atoms with Gasteiger partial charge in [0.25, 0.3) is 0 Å². The Morgan fingerprint density at radius 2 is 2.21 bits per heavy atom. The first-order valence-corrected chi connectivity index (χ1v) is 8.94. The third-order valence-corrected chi connectivity index (χ3v) is 6.98. The smallest absolute Gasteiger partial charge is 0.244 e. The SMILES string of the molecule is Cc1sc(CN)cc1S(=O)(=O)N1CCCC1C(C)C. The highest BCUT2D eigenvalue weighted by atomic mass is 32.2. The minimum Gasteiger partial charge on any atom is -0.326 e. The fraction of sp³-hybridized carbons (Fsp3) is 0.692. The maximum absolute atomic E-state index is 12.8. The number of nitrogens with two attached hydrogens (primary N) is 1. The first kappa shape index (κ1) is 15.0. The van der Waals surface area contributed by atoms with E-state index in [1.807, 2.05) is 6.92 Å². The number of sulfonamides is 1. The van der Waals surface area contributed by atoms with Crippen LogP contribution in [0.3, 0.4) is 0 Å². The molecule has 2 heterocycles. The van der Waals surface area contributed by atoms with E-state index in [2.05, 4.69) is 13.8 Å². The number of nitrogens with zero attached hydrogens (tertiary/aromatic N) is 1. The first-order valence-electron chi connectivity index (χ1n) is 6.69. The quantitative estimate of drug-likeness (QED) is 0.928. The van der Waals surface area contributed by atoms with Gasteiger partial charge in [0.05, 0.1) is 4.90 Å². The maximum atomic E-state index is 12.8. The summed E-state index contributed by atoms with van der Waals surface area (Å²) in [6, 6.07) is 1.87. The van der Waals surface area contributed by atoms with E-state index in [1.165, 1.54) is 11.3 Å². The molecule has 0 aromatic carbocycles. The van der Waals surface area contributed by atoms with E-state index in [4.69, 9.17) is 5.73 Å². The summed E-state index contributed by atoms with van der Waals surface area (Å²) in [4.78, 5) is 2.22. The Kier molecular flexibility index (Phi) is 4.35. The number of hydrogen-bond donors (Lipinski definition) is 1. The molecule has 1 unspecified atom stereocenters. The predicted molar refractivity (Wildman–Crippen MR) is 78.7 cm³/mol. The van der Waals surface area contributed by atoms with Gasteiger partial charge in [-0.3, -0.25) is 0 Å². The van der Waals surface area contributed by atoms with Crippen LogP contribution in [0.15, 0.2) is 11.0 Å². The molecule has 19 heavy (non-hydrogen) atoms. The average Bonchev–Trinajstić information content (AvgIpc) is 2.94. The van der Waals surface area contributed by atoms with Gasteiger partial charge in [-0.05, 0) is 31.7 Å². The highest BCUT2D eigenvalue weighted by Crippen LogP contribution is 2.34. The zero-order chi connectivity index (χ0) is 14.2. The normalized spacial score (nSPS) is 21.4. The zero-order valence-electron chi connectivity index (χ0n) is 11.7. The van der Waals surface area contributed by atoms with Crippen molar-refractivity contribution in [3.05, 3.63) is 15.8 Å². The van der Waals surface area contributed by atoms with E-state index in [9.17, 15) is 8.42 Å². The molecule has 1 atom stereocenters. The largest absolute Gasteiger partial charge is 0.326 e. The van der Waals surface area contributed by atoms with Gasteiger partial charge in [0.2, 0.25) is 10.0 Å². The summed E-state index contributed by atoms with van der Waals surface area (Å²) in [7, 11) is -3.36. The van der Waals surface area contributed by atoms with Crippen molar-refractivity contribution in [3.8, 4) is 0 Å². The second-order valence-electron chi connectivity index (χ2n) is 5.41. The molecule has 1 aromatic rings. The van der Waals surface area contributed by atoms with Crippen LogP contribution in [-0.2, 0) is 16.6 Å². The van der Waals surface area contributed by atoms with Crippen LogP contribution in [0.25, 0.3) is 0 Å². The lowest BCUT2D eigenvalue weighted by Crippen LogP contribution is -2.38. The molecule has 108 valence electrons. The third kappa shape index (κ3) is 2.72. The van der Waals surface area contributed by atoms with Crippen LogP contribution < -0.4 is 5.73 Å². The van der Waals surface area contributed by atoms with Crippen molar-refractivity contribution in [3.63, 3.8) is 0 Å². The summed E-state index contributed by atoms with van der Waals surface area (Å²) >= 11 is 1.48. The Morgan fingerprint density at radius 3 is 2.74 bits per heavy atom. The molecule has 2 N–H and O–H groups in total. The molecule has 6 heteroatoms. The van der Waals surface area contributed by atoms with E-state index >= 15 is 0 Å². The molecule has 0 spiro atoms. The van der Waals surface area contributed by atoms with E-state index in [0.717, 1.165) is 22.6 Å². The van der Waals surface area contributed by atoms with Crippen LogP contribution in [0.5, 0.6) is 0 Å². The lowest BCUT2D eigenvalue weighted by atomic mass is 10.0. The molecule has 1 aliphatic rings. The van der Waals surface area contributed by atoms with E-state index in [-0.39, 0.29) is 6.04 Å². The van der Waals surface area contributed by atoms with Gasteiger partial charge in [-0.1, -0.05) is 13.8 Å². The lowest BCUT2D eigenvalue weighted by molar-refractivity contribution is 0.315. The molecule has 1 aromatic heterocycles. The van der Waals surface area contributed by atoms with Gasteiger partial charge in [0.1, 0.15) is 0 Å². The van der Waals surface area contributed by atoms with Gasteiger partial charge < -0.3 is 5.73 Å². The molecule has 0 aliphatic carbocycles. The molecule has 0 radical (unpaired) electrons. The van der Waals surface area contributed by atoms with Crippen LogP contribution >= 0.6 is 11.3 Å².